The zero-order valence-corrected chi connectivity index (χ0v) is 15.7. The number of benzene rings is 2. The SMILES string of the molecule is C=C(C)CCc1oc2ccc(-c3cncnc3)cc2c1-c1ccc(C)cc1. The summed E-state index contributed by atoms with van der Waals surface area (Å²) in [7, 11) is 0. The third-order valence-electron chi connectivity index (χ3n) is 4.77. The molecule has 4 aromatic rings. The van der Waals surface area contributed by atoms with Gasteiger partial charge in [0.15, 0.2) is 0 Å². The van der Waals surface area contributed by atoms with Crippen LogP contribution >= 0.6 is 0 Å². The Labute approximate surface area is 159 Å². The summed E-state index contributed by atoms with van der Waals surface area (Å²) < 4.78 is 6.25. The molecule has 2 aromatic carbocycles. The first-order valence-electron chi connectivity index (χ1n) is 9.14. The predicted octanol–water partition coefficient (Wildman–Crippen LogP) is 6.37. The van der Waals surface area contributed by atoms with E-state index in [0.29, 0.717) is 0 Å². The van der Waals surface area contributed by atoms with Gasteiger partial charge in [-0.05, 0) is 43.5 Å². The van der Waals surface area contributed by atoms with Crippen LogP contribution in [0.1, 0.15) is 24.7 Å². The lowest BCUT2D eigenvalue weighted by molar-refractivity contribution is 0.549. The van der Waals surface area contributed by atoms with E-state index in [0.717, 1.165) is 46.3 Å². The first-order chi connectivity index (χ1) is 13.1. The van der Waals surface area contributed by atoms with E-state index in [1.165, 1.54) is 16.7 Å². The fourth-order valence-corrected chi connectivity index (χ4v) is 3.32. The lowest BCUT2D eigenvalue weighted by Gasteiger charge is -2.05. The highest BCUT2D eigenvalue weighted by atomic mass is 16.3. The highest BCUT2D eigenvalue weighted by molar-refractivity contribution is 5.98. The first-order valence-corrected chi connectivity index (χ1v) is 9.14. The average molecular weight is 354 g/mol. The Morgan fingerprint density at radius 2 is 1.67 bits per heavy atom. The minimum absolute atomic E-state index is 0.844. The monoisotopic (exact) mass is 354 g/mol. The van der Waals surface area contributed by atoms with Crippen molar-refractivity contribution in [3.63, 3.8) is 0 Å². The average Bonchev–Trinajstić information content (AvgIpc) is 3.05. The number of aryl methyl sites for hydroxylation is 2. The van der Waals surface area contributed by atoms with Gasteiger partial charge in [-0.1, -0.05) is 41.5 Å². The molecule has 3 nitrogen and oxygen atoms in total. The fraction of sp³-hybridized carbons (Fsp3) is 0.167. The molecule has 0 amide bonds. The summed E-state index contributed by atoms with van der Waals surface area (Å²) in [6.07, 6.45) is 6.98. The van der Waals surface area contributed by atoms with Crippen LogP contribution in [0.2, 0.25) is 0 Å². The largest absolute Gasteiger partial charge is 0.460 e. The molecule has 0 atom stereocenters. The van der Waals surface area contributed by atoms with Crippen molar-refractivity contribution in [1.82, 2.24) is 9.97 Å². The first kappa shape index (κ1) is 17.2. The van der Waals surface area contributed by atoms with Crippen LogP contribution in [0.5, 0.6) is 0 Å². The van der Waals surface area contributed by atoms with Gasteiger partial charge in [-0.3, -0.25) is 0 Å². The number of hydrogen-bond acceptors (Lipinski definition) is 3. The second-order valence-corrected chi connectivity index (χ2v) is 7.06. The molecule has 3 heteroatoms. The van der Waals surface area contributed by atoms with Crippen LogP contribution in [0.4, 0.5) is 0 Å². The van der Waals surface area contributed by atoms with E-state index < -0.39 is 0 Å². The molecule has 134 valence electrons. The quantitative estimate of drug-likeness (QED) is 0.391. The summed E-state index contributed by atoms with van der Waals surface area (Å²) in [4.78, 5) is 8.28. The number of nitrogens with zero attached hydrogens (tertiary/aromatic N) is 2. The van der Waals surface area contributed by atoms with Crippen molar-refractivity contribution in [2.75, 3.05) is 0 Å². The van der Waals surface area contributed by atoms with Crippen LogP contribution in [-0.4, -0.2) is 9.97 Å². The molecule has 27 heavy (non-hydrogen) atoms. The Kier molecular flexibility index (Phi) is 4.59. The van der Waals surface area contributed by atoms with Gasteiger partial charge in [-0.2, -0.15) is 0 Å². The molecule has 0 radical (unpaired) electrons. The van der Waals surface area contributed by atoms with Crippen molar-refractivity contribution >= 4 is 11.0 Å². The molecule has 0 aliphatic carbocycles. The van der Waals surface area contributed by atoms with E-state index in [9.17, 15) is 0 Å². The second kappa shape index (κ2) is 7.20. The van der Waals surface area contributed by atoms with Crippen molar-refractivity contribution in [2.24, 2.45) is 0 Å². The van der Waals surface area contributed by atoms with Gasteiger partial charge < -0.3 is 4.42 Å². The van der Waals surface area contributed by atoms with Crippen LogP contribution in [0.15, 0.2) is 77.8 Å². The molecule has 2 heterocycles. The van der Waals surface area contributed by atoms with E-state index in [1.807, 2.05) is 18.5 Å². The van der Waals surface area contributed by atoms with E-state index in [4.69, 9.17) is 4.42 Å². The molecular formula is C24H22N2O. The summed E-state index contributed by atoms with van der Waals surface area (Å²) >= 11 is 0. The van der Waals surface area contributed by atoms with Gasteiger partial charge in [0, 0.05) is 35.3 Å². The number of fused-ring (bicyclic) bond motifs is 1. The lowest BCUT2D eigenvalue weighted by atomic mass is 9.97. The second-order valence-electron chi connectivity index (χ2n) is 7.06. The highest BCUT2D eigenvalue weighted by Crippen LogP contribution is 2.38. The Hall–Kier alpha value is -3.20. The Balaban J connectivity index is 1.90. The standard InChI is InChI=1S/C24H22N2O/c1-16(2)4-10-23-24(18-7-5-17(3)6-8-18)21-12-19(9-11-22(21)27-23)20-13-25-15-26-14-20/h5-9,11-15H,1,4,10H2,2-3H3. The van der Waals surface area contributed by atoms with E-state index in [1.54, 1.807) is 6.33 Å². The van der Waals surface area contributed by atoms with Crippen LogP contribution in [0, 0.1) is 6.92 Å². The normalized spacial score (nSPS) is 11.0. The summed E-state index contributed by atoms with van der Waals surface area (Å²) in [5.41, 5.74) is 7.75. The van der Waals surface area contributed by atoms with Crippen molar-refractivity contribution in [3.8, 4) is 22.3 Å². The maximum absolute atomic E-state index is 6.25. The topological polar surface area (TPSA) is 38.9 Å². The number of aromatic nitrogens is 2. The maximum Gasteiger partial charge on any atom is 0.134 e. The van der Waals surface area contributed by atoms with Crippen molar-refractivity contribution < 1.29 is 4.42 Å². The molecule has 0 aliphatic rings. The summed E-state index contributed by atoms with van der Waals surface area (Å²) in [5.74, 6) is 1.01. The maximum atomic E-state index is 6.25. The van der Waals surface area contributed by atoms with E-state index in [2.05, 4.69) is 66.8 Å². The molecular weight excluding hydrogens is 332 g/mol. The van der Waals surface area contributed by atoms with Gasteiger partial charge in [0.1, 0.15) is 17.7 Å². The van der Waals surface area contributed by atoms with E-state index in [-0.39, 0.29) is 0 Å². The van der Waals surface area contributed by atoms with E-state index >= 15 is 0 Å². The summed E-state index contributed by atoms with van der Waals surface area (Å²) in [6.45, 7) is 8.20. The van der Waals surface area contributed by atoms with Crippen LogP contribution in [0.25, 0.3) is 33.2 Å². The van der Waals surface area contributed by atoms with Crippen LogP contribution < -0.4 is 0 Å². The zero-order valence-electron chi connectivity index (χ0n) is 15.7. The number of hydrogen-bond donors (Lipinski definition) is 0. The Morgan fingerprint density at radius 3 is 2.37 bits per heavy atom. The minimum atomic E-state index is 0.844. The summed E-state index contributed by atoms with van der Waals surface area (Å²) in [6, 6.07) is 14.9. The molecule has 2 aromatic heterocycles. The zero-order chi connectivity index (χ0) is 18.8. The predicted molar refractivity (Wildman–Crippen MR) is 111 cm³/mol. The third-order valence-corrected chi connectivity index (χ3v) is 4.77. The molecule has 4 rings (SSSR count). The van der Waals surface area contributed by atoms with Crippen molar-refractivity contribution in [3.05, 3.63) is 84.7 Å². The number of allylic oxidation sites excluding steroid dienone is 1. The molecule has 0 saturated heterocycles. The van der Waals surface area contributed by atoms with Gasteiger partial charge in [0.25, 0.3) is 0 Å². The molecule has 0 fully saturated rings. The van der Waals surface area contributed by atoms with Crippen LogP contribution in [0.3, 0.4) is 0 Å². The number of rotatable bonds is 5. The van der Waals surface area contributed by atoms with Gasteiger partial charge in [0.05, 0.1) is 0 Å². The van der Waals surface area contributed by atoms with Gasteiger partial charge in [-0.15, -0.1) is 6.58 Å². The van der Waals surface area contributed by atoms with Gasteiger partial charge >= 0.3 is 0 Å². The minimum Gasteiger partial charge on any atom is -0.460 e. The molecule has 0 bridgehead atoms. The Morgan fingerprint density at radius 1 is 0.963 bits per heavy atom. The molecule has 0 spiro atoms. The number of furan rings is 1. The molecule has 0 aliphatic heterocycles. The van der Waals surface area contributed by atoms with Gasteiger partial charge in [-0.25, -0.2) is 9.97 Å². The highest BCUT2D eigenvalue weighted by Gasteiger charge is 2.17. The third kappa shape index (κ3) is 3.54. The van der Waals surface area contributed by atoms with Crippen LogP contribution in [-0.2, 0) is 6.42 Å². The molecule has 0 saturated carbocycles. The Bertz CT molecular complexity index is 1090. The molecule has 0 N–H and O–H groups in total. The molecule has 0 unspecified atom stereocenters. The van der Waals surface area contributed by atoms with Crippen molar-refractivity contribution in [2.45, 2.75) is 26.7 Å². The smallest absolute Gasteiger partial charge is 0.134 e. The van der Waals surface area contributed by atoms with Crippen molar-refractivity contribution in [1.29, 1.82) is 0 Å². The fourth-order valence-electron chi connectivity index (χ4n) is 3.32. The lowest BCUT2D eigenvalue weighted by Crippen LogP contribution is -1.88. The summed E-state index contributed by atoms with van der Waals surface area (Å²) in [5, 5.41) is 1.12. The van der Waals surface area contributed by atoms with Gasteiger partial charge in [0.2, 0.25) is 0 Å².